The van der Waals surface area contributed by atoms with Gasteiger partial charge in [0.15, 0.2) is 0 Å². The van der Waals surface area contributed by atoms with Crippen molar-refractivity contribution >= 4 is 5.91 Å². The summed E-state index contributed by atoms with van der Waals surface area (Å²) in [6, 6.07) is -0.0263. The van der Waals surface area contributed by atoms with Gasteiger partial charge in [-0.1, -0.05) is 13.8 Å². The molecule has 0 saturated carbocycles. The summed E-state index contributed by atoms with van der Waals surface area (Å²) in [4.78, 5) is 14.1. The Morgan fingerprint density at radius 3 is 2.50 bits per heavy atom. The maximum Gasteiger partial charge on any atom is 0.237 e. The summed E-state index contributed by atoms with van der Waals surface area (Å²) >= 11 is 0. The number of carbonyl (C=O) groups excluding carboxylic acids is 1. The van der Waals surface area contributed by atoms with Crippen LogP contribution in [0.2, 0.25) is 0 Å². The van der Waals surface area contributed by atoms with Gasteiger partial charge in [-0.25, -0.2) is 0 Å². The molecule has 0 aromatic heterocycles. The SMILES string of the molecule is CC(C)CC(N)C(=O)NC1CCN(C)CC1. The standard InChI is InChI=1S/C12H25N3O/c1-9(2)8-11(13)12(16)14-10-4-6-15(3)7-5-10/h9-11H,4-8,13H2,1-3H3,(H,14,16). The van der Waals surface area contributed by atoms with E-state index in [9.17, 15) is 4.79 Å². The van der Waals surface area contributed by atoms with Gasteiger partial charge in [-0.2, -0.15) is 0 Å². The molecule has 0 aromatic carbocycles. The van der Waals surface area contributed by atoms with Gasteiger partial charge >= 0.3 is 0 Å². The Morgan fingerprint density at radius 1 is 1.44 bits per heavy atom. The normalized spacial score (nSPS) is 21.1. The Morgan fingerprint density at radius 2 is 2.00 bits per heavy atom. The highest BCUT2D eigenvalue weighted by Gasteiger charge is 2.21. The van der Waals surface area contributed by atoms with E-state index in [1.807, 2.05) is 0 Å². The molecule has 0 bridgehead atoms. The van der Waals surface area contributed by atoms with Crippen molar-refractivity contribution in [3.05, 3.63) is 0 Å². The number of piperidine rings is 1. The second-order valence-electron chi connectivity index (χ2n) is 5.32. The van der Waals surface area contributed by atoms with Crippen LogP contribution in [0.5, 0.6) is 0 Å². The number of hydrogen-bond acceptors (Lipinski definition) is 3. The van der Waals surface area contributed by atoms with Crippen molar-refractivity contribution in [1.82, 2.24) is 10.2 Å². The molecule has 4 heteroatoms. The third-order valence-electron chi connectivity index (χ3n) is 3.13. The van der Waals surface area contributed by atoms with Crippen molar-refractivity contribution in [2.75, 3.05) is 20.1 Å². The van der Waals surface area contributed by atoms with E-state index in [0.717, 1.165) is 32.4 Å². The molecule has 1 saturated heterocycles. The predicted molar refractivity (Wildman–Crippen MR) is 66.1 cm³/mol. The van der Waals surface area contributed by atoms with Crippen LogP contribution in [-0.4, -0.2) is 43.0 Å². The van der Waals surface area contributed by atoms with E-state index in [2.05, 4.69) is 31.1 Å². The number of nitrogens with two attached hydrogens (primary N) is 1. The number of nitrogens with one attached hydrogen (secondary N) is 1. The van der Waals surface area contributed by atoms with Crippen LogP contribution in [0.1, 0.15) is 33.1 Å². The summed E-state index contributed by atoms with van der Waals surface area (Å²) < 4.78 is 0. The van der Waals surface area contributed by atoms with E-state index in [-0.39, 0.29) is 11.9 Å². The number of rotatable bonds is 4. The largest absolute Gasteiger partial charge is 0.352 e. The van der Waals surface area contributed by atoms with Gasteiger partial charge in [-0.15, -0.1) is 0 Å². The molecule has 1 aliphatic rings. The highest BCUT2D eigenvalue weighted by molar-refractivity contribution is 5.81. The monoisotopic (exact) mass is 227 g/mol. The maximum absolute atomic E-state index is 11.8. The lowest BCUT2D eigenvalue weighted by Crippen LogP contribution is -2.49. The fourth-order valence-electron chi connectivity index (χ4n) is 2.08. The summed E-state index contributed by atoms with van der Waals surface area (Å²) in [6.07, 6.45) is 2.84. The molecule has 1 rings (SSSR count). The Balaban J connectivity index is 2.28. The zero-order chi connectivity index (χ0) is 12.1. The molecule has 4 nitrogen and oxygen atoms in total. The lowest BCUT2D eigenvalue weighted by Gasteiger charge is -2.30. The molecule has 0 spiro atoms. The minimum Gasteiger partial charge on any atom is -0.352 e. The zero-order valence-corrected chi connectivity index (χ0v) is 10.7. The molecule has 1 unspecified atom stereocenters. The van der Waals surface area contributed by atoms with Gasteiger partial charge in [0, 0.05) is 6.04 Å². The van der Waals surface area contributed by atoms with E-state index in [0.29, 0.717) is 12.0 Å². The number of hydrogen-bond donors (Lipinski definition) is 2. The van der Waals surface area contributed by atoms with Crippen LogP contribution < -0.4 is 11.1 Å². The minimum atomic E-state index is -0.348. The highest BCUT2D eigenvalue weighted by atomic mass is 16.2. The first kappa shape index (κ1) is 13.5. The molecule has 94 valence electrons. The van der Waals surface area contributed by atoms with E-state index in [1.54, 1.807) is 0 Å². The van der Waals surface area contributed by atoms with Crippen molar-refractivity contribution < 1.29 is 4.79 Å². The van der Waals surface area contributed by atoms with E-state index >= 15 is 0 Å². The van der Waals surface area contributed by atoms with Crippen LogP contribution in [0.15, 0.2) is 0 Å². The number of carbonyl (C=O) groups is 1. The van der Waals surface area contributed by atoms with Gasteiger partial charge < -0.3 is 16.0 Å². The Hall–Kier alpha value is -0.610. The molecule has 1 aliphatic heterocycles. The molecular weight excluding hydrogens is 202 g/mol. The second-order valence-corrected chi connectivity index (χ2v) is 5.32. The van der Waals surface area contributed by atoms with Crippen LogP contribution in [0.25, 0.3) is 0 Å². The molecule has 1 atom stereocenters. The van der Waals surface area contributed by atoms with E-state index in [1.165, 1.54) is 0 Å². The quantitative estimate of drug-likeness (QED) is 0.738. The average molecular weight is 227 g/mol. The number of amides is 1. The Labute approximate surface area is 98.6 Å². The van der Waals surface area contributed by atoms with Crippen LogP contribution in [0, 0.1) is 5.92 Å². The van der Waals surface area contributed by atoms with Gasteiger partial charge in [-0.05, 0) is 45.3 Å². The Kier molecular flexibility index (Phi) is 5.22. The zero-order valence-electron chi connectivity index (χ0n) is 10.7. The first-order valence-corrected chi connectivity index (χ1v) is 6.23. The van der Waals surface area contributed by atoms with Crippen molar-refractivity contribution in [2.24, 2.45) is 11.7 Å². The van der Waals surface area contributed by atoms with Crippen LogP contribution in [-0.2, 0) is 4.79 Å². The van der Waals surface area contributed by atoms with E-state index in [4.69, 9.17) is 5.73 Å². The Bertz CT molecular complexity index is 222. The second kappa shape index (κ2) is 6.21. The predicted octanol–water partition coefficient (Wildman–Crippen LogP) is 0.570. The van der Waals surface area contributed by atoms with Crippen LogP contribution in [0.3, 0.4) is 0 Å². The molecule has 0 aromatic rings. The third-order valence-corrected chi connectivity index (χ3v) is 3.13. The highest BCUT2D eigenvalue weighted by Crippen LogP contribution is 2.09. The molecule has 0 radical (unpaired) electrons. The molecule has 16 heavy (non-hydrogen) atoms. The summed E-state index contributed by atoms with van der Waals surface area (Å²) in [7, 11) is 2.11. The maximum atomic E-state index is 11.8. The summed E-state index contributed by atoms with van der Waals surface area (Å²) in [6.45, 7) is 6.29. The fourth-order valence-corrected chi connectivity index (χ4v) is 2.08. The molecular formula is C12H25N3O. The molecule has 3 N–H and O–H groups in total. The van der Waals surface area contributed by atoms with Crippen molar-refractivity contribution in [1.29, 1.82) is 0 Å². The summed E-state index contributed by atoms with van der Waals surface area (Å²) in [5.74, 6) is 0.487. The summed E-state index contributed by atoms with van der Waals surface area (Å²) in [5, 5.41) is 3.05. The van der Waals surface area contributed by atoms with Crippen molar-refractivity contribution in [2.45, 2.75) is 45.2 Å². The molecule has 1 fully saturated rings. The topological polar surface area (TPSA) is 58.4 Å². The van der Waals surface area contributed by atoms with Crippen LogP contribution in [0.4, 0.5) is 0 Å². The first-order valence-electron chi connectivity index (χ1n) is 6.23. The number of nitrogens with zero attached hydrogens (tertiary/aromatic N) is 1. The molecule has 1 amide bonds. The molecule has 0 aliphatic carbocycles. The van der Waals surface area contributed by atoms with Gasteiger partial charge in [0.05, 0.1) is 6.04 Å². The van der Waals surface area contributed by atoms with Crippen molar-refractivity contribution in [3.8, 4) is 0 Å². The van der Waals surface area contributed by atoms with Gasteiger partial charge in [-0.3, -0.25) is 4.79 Å². The van der Waals surface area contributed by atoms with E-state index < -0.39 is 0 Å². The average Bonchev–Trinajstić information content (AvgIpc) is 2.20. The minimum absolute atomic E-state index is 0.0169. The molecule has 1 heterocycles. The van der Waals surface area contributed by atoms with Crippen LogP contribution >= 0.6 is 0 Å². The lowest BCUT2D eigenvalue weighted by molar-refractivity contribution is -0.123. The van der Waals surface area contributed by atoms with Gasteiger partial charge in [0.1, 0.15) is 0 Å². The first-order chi connectivity index (χ1) is 7.49. The summed E-state index contributed by atoms with van der Waals surface area (Å²) in [5.41, 5.74) is 5.84. The van der Waals surface area contributed by atoms with Gasteiger partial charge in [0.25, 0.3) is 0 Å². The van der Waals surface area contributed by atoms with Gasteiger partial charge in [0.2, 0.25) is 5.91 Å². The third kappa shape index (κ3) is 4.49. The smallest absolute Gasteiger partial charge is 0.237 e. The van der Waals surface area contributed by atoms with Crippen molar-refractivity contribution in [3.63, 3.8) is 0 Å². The lowest BCUT2D eigenvalue weighted by atomic mass is 10.0. The number of likely N-dealkylation sites (tertiary alicyclic amines) is 1. The fraction of sp³-hybridized carbons (Fsp3) is 0.917.